The summed E-state index contributed by atoms with van der Waals surface area (Å²) in [6.07, 6.45) is 3.93. The topological polar surface area (TPSA) is 144 Å². The molecule has 0 aliphatic heterocycles. The molecule has 2 heterocycles. The summed E-state index contributed by atoms with van der Waals surface area (Å²) in [5.41, 5.74) is 0.233. The number of hydrogen-bond acceptors (Lipinski definition) is 8. The van der Waals surface area contributed by atoms with Gasteiger partial charge in [0, 0.05) is 31.5 Å². The lowest BCUT2D eigenvalue weighted by atomic mass is 10.1. The van der Waals surface area contributed by atoms with E-state index in [1.54, 1.807) is 32.9 Å². The van der Waals surface area contributed by atoms with Crippen LogP contribution in [0.4, 0.5) is 16.4 Å². The fourth-order valence-corrected chi connectivity index (χ4v) is 4.07. The first-order valence-corrected chi connectivity index (χ1v) is 13.5. The molecule has 0 aliphatic carbocycles. The predicted octanol–water partition coefficient (Wildman–Crippen LogP) is 2.76. The molecule has 0 bridgehead atoms. The van der Waals surface area contributed by atoms with Gasteiger partial charge in [-0.25, -0.2) is 18.2 Å². The van der Waals surface area contributed by atoms with Crippen LogP contribution in [0.15, 0.2) is 59.7 Å². The number of aromatic nitrogens is 3. The van der Waals surface area contributed by atoms with Gasteiger partial charge in [-0.2, -0.15) is 0 Å². The van der Waals surface area contributed by atoms with Crippen LogP contribution in [0, 0.1) is 0 Å². The van der Waals surface area contributed by atoms with Gasteiger partial charge in [0.05, 0.1) is 12.3 Å². The monoisotopic (exact) mass is 528 g/mol. The van der Waals surface area contributed by atoms with E-state index in [-0.39, 0.29) is 23.9 Å². The Balaban J connectivity index is 1.94. The highest BCUT2D eigenvalue weighted by Gasteiger charge is 2.22. The van der Waals surface area contributed by atoms with E-state index in [2.05, 4.69) is 25.3 Å². The number of pyridine rings is 1. The summed E-state index contributed by atoms with van der Waals surface area (Å²) in [7, 11) is -2.27. The molecule has 3 N–H and O–H groups in total. The number of nitrogens with one attached hydrogen (secondary N) is 3. The summed E-state index contributed by atoms with van der Waals surface area (Å²) >= 11 is 0. The van der Waals surface area contributed by atoms with E-state index in [1.165, 1.54) is 24.0 Å². The fourth-order valence-electron chi connectivity index (χ4n) is 3.52. The van der Waals surface area contributed by atoms with Crippen molar-refractivity contribution in [3.05, 3.63) is 70.8 Å². The standard InChI is InChI=1S/C25H32N6O5S/c1-25(2,3)36-24(33)28-19(15-17-9-7-6-8-10-17)16-27-23-29-20(18-11-13-26-14-12-18)21(22(32)31(23)4)30-37(5,34)35/h6-14,19,30H,15-16H2,1-5H3,(H,27,29)(H,28,33). The van der Waals surface area contributed by atoms with Crippen LogP contribution >= 0.6 is 0 Å². The number of anilines is 2. The van der Waals surface area contributed by atoms with Crippen molar-refractivity contribution >= 4 is 27.8 Å². The van der Waals surface area contributed by atoms with Gasteiger partial charge in [-0.1, -0.05) is 30.3 Å². The minimum Gasteiger partial charge on any atom is -0.444 e. The Bertz CT molecular complexity index is 1390. The average molecular weight is 529 g/mol. The molecule has 37 heavy (non-hydrogen) atoms. The van der Waals surface area contributed by atoms with Crippen molar-refractivity contribution in [2.24, 2.45) is 7.05 Å². The van der Waals surface area contributed by atoms with Gasteiger partial charge < -0.3 is 15.4 Å². The number of alkyl carbamates (subject to hydrolysis) is 1. The Morgan fingerprint density at radius 1 is 1.11 bits per heavy atom. The Labute approximate surface area is 216 Å². The predicted molar refractivity (Wildman–Crippen MR) is 143 cm³/mol. The van der Waals surface area contributed by atoms with Gasteiger partial charge in [0.2, 0.25) is 16.0 Å². The smallest absolute Gasteiger partial charge is 0.407 e. The maximum Gasteiger partial charge on any atom is 0.407 e. The number of amides is 1. The van der Waals surface area contributed by atoms with Crippen LogP contribution in [-0.4, -0.2) is 53.5 Å². The van der Waals surface area contributed by atoms with Crippen molar-refractivity contribution < 1.29 is 17.9 Å². The summed E-state index contributed by atoms with van der Waals surface area (Å²) in [5, 5.41) is 6.01. The number of carbonyl (C=O) groups excluding carboxylic acids is 1. The molecule has 3 rings (SSSR count). The first kappa shape index (κ1) is 27.7. The molecule has 0 fully saturated rings. The molecule has 0 saturated heterocycles. The second-order valence-electron chi connectivity index (χ2n) is 9.55. The third-order valence-corrected chi connectivity index (χ3v) is 5.66. The van der Waals surface area contributed by atoms with Crippen LogP contribution < -0.4 is 20.9 Å². The summed E-state index contributed by atoms with van der Waals surface area (Å²) in [4.78, 5) is 34.2. The molecule has 1 unspecified atom stereocenters. The quantitative estimate of drug-likeness (QED) is 0.385. The number of ether oxygens (including phenoxy) is 1. The third kappa shape index (κ3) is 8.31. The second kappa shape index (κ2) is 11.4. The number of rotatable bonds is 9. The number of carbonyl (C=O) groups is 1. The van der Waals surface area contributed by atoms with Gasteiger partial charge in [0.15, 0.2) is 0 Å². The molecule has 0 aliphatic rings. The maximum atomic E-state index is 13.2. The Kier molecular flexibility index (Phi) is 8.53. The zero-order valence-electron chi connectivity index (χ0n) is 21.5. The Morgan fingerprint density at radius 3 is 2.35 bits per heavy atom. The highest BCUT2D eigenvalue weighted by Crippen LogP contribution is 2.24. The molecule has 12 heteroatoms. The Hall–Kier alpha value is -3.93. The maximum absolute atomic E-state index is 13.2. The first-order valence-electron chi connectivity index (χ1n) is 11.6. The molecule has 1 atom stereocenters. The molecule has 3 aromatic rings. The summed E-state index contributed by atoms with van der Waals surface area (Å²) in [5.74, 6) is 0.194. The molecule has 0 saturated carbocycles. The number of sulfonamides is 1. The van der Waals surface area contributed by atoms with E-state index < -0.39 is 33.3 Å². The summed E-state index contributed by atoms with van der Waals surface area (Å²) in [6, 6.07) is 12.5. The summed E-state index contributed by atoms with van der Waals surface area (Å²) < 4.78 is 32.8. The molecule has 1 aromatic carbocycles. The van der Waals surface area contributed by atoms with E-state index in [1.807, 2.05) is 30.3 Å². The molecule has 1 amide bonds. The molecule has 198 valence electrons. The van der Waals surface area contributed by atoms with Crippen molar-refractivity contribution in [1.29, 1.82) is 0 Å². The van der Waals surface area contributed by atoms with Gasteiger partial charge >= 0.3 is 6.09 Å². The average Bonchev–Trinajstić information content (AvgIpc) is 2.80. The van der Waals surface area contributed by atoms with Crippen molar-refractivity contribution in [2.75, 3.05) is 22.8 Å². The molecular formula is C25H32N6O5S. The van der Waals surface area contributed by atoms with Crippen molar-refractivity contribution in [3.8, 4) is 11.3 Å². The van der Waals surface area contributed by atoms with Crippen molar-refractivity contribution in [1.82, 2.24) is 19.9 Å². The lowest BCUT2D eigenvalue weighted by molar-refractivity contribution is 0.0507. The normalized spacial score (nSPS) is 12.5. The molecule has 11 nitrogen and oxygen atoms in total. The largest absolute Gasteiger partial charge is 0.444 e. The molecule has 0 spiro atoms. The SMILES string of the molecule is Cn1c(NCC(Cc2ccccc2)NC(=O)OC(C)(C)C)nc(-c2ccncc2)c(NS(C)(=O)=O)c1=O. The van der Waals surface area contributed by atoms with Crippen LogP contribution in [0.1, 0.15) is 26.3 Å². The van der Waals surface area contributed by atoms with Crippen LogP contribution in [-0.2, 0) is 28.2 Å². The molecule has 2 aromatic heterocycles. The fraction of sp³-hybridized carbons (Fsp3) is 0.360. The van der Waals surface area contributed by atoms with Gasteiger partial charge in [-0.05, 0) is 44.9 Å². The minimum absolute atomic E-state index is 0.151. The van der Waals surface area contributed by atoms with E-state index in [0.29, 0.717) is 12.0 Å². The van der Waals surface area contributed by atoms with Gasteiger partial charge in [-0.15, -0.1) is 0 Å². The van der Waals surface area contributed by atoms with Gasteiger partial charge in [0.25, 0.3) is 5.56 Å². The number of nitrogens with zero attached hydrogens (tertiary/aromatic N) is 3. The van der Waals surface area contributed by atoms with Gasteiger partial charge in [0.1, 0.15) is 17.0 Å². The zero-order valence-corrected chi connectivity index (χ0v) is 22.3. The number of hydrogen-bond donors (Lipinski definition) is 3. The van der Waals surface area contributed by atoms with E-state index in [4.69, 9.17) is 4.74 Å². The Morgan fingerprint density at radius 2 is 1.76 bits per heavy atom. The third-order valence-electron chi connectivity index (χ3n) is 5.08. The van der Waals surface area contributed by atoms with E-state index in [9.17, 15) is 18.0 Å². The van der Waals surface area contributed by atoms with Crippen molar-refractivity contribution in [2.45, 2.75) is 38.8 Å². The van der Waals surface area contributed by atoms with Crippen LogP contribution in [0.5, 0.6) is 0 Å². The van der Waals surface area contributed by atoms with Crippen molar-refractivity contribution in [3.63, 3.8) is 0 Å². The number of benzene rings is 1. The zero-order chi connectivity index (χ0) is 27.2. The lowest BCUT2D eigenvalue weighted by Crippen LogP contribution is -2.44. The highest BCUT2D eigenvalue weighted by atomic mass is 32.2. The molecular weight excluding hydrogens is 496 g/mol. The minimum atomic E-state index is -3.75. The highest BCUT2D eigenvalue weighted by molar-refractivity contribution is 7.92. The first-order chi connectivity index (χ1) is 17.3. The van der Waals surface area contributed by atoms with Gasteiger partial charge in [-0.3, -0.25) is 19.1 Å². The lowest BCUT2D eigenvalue weighted by Gasteiger charge is -2.24. The van der Waals surface area contributed by atoms with Crippen LogP contribution in [0.2, 0.25) is 0 Å². The second-order valence-corrected chi connectivity index (χ2v) is 11.3. The van der Waals surface area contributed by atoms with Crippen LogP contribution in [0.25, 0.3) is 11.3 Å². The van der Waals surface area contributed by atoms with E-state index in [0.717, 1.165) is 11.8 Å². The summed E-state index contributed by atoms with van der Waals surface area (Å²) in [6.45, 7) is 5.55. The molecule has 0 radical (unpaired) electrons. The van der Waals surface area contributed by atoms with E-state index >= 15 is 0 Å². The van der Waals surface area contributed by atoms with Crippen LogP contribution in [0.3, 0.4) is 0 Å².